The van der Waals surface area contributed by atoms with E-state index in [1.54, 1.807) is 6.92 Å². The predicted octanol–water partition coefficient (Wildman–Crippen LogP) is -0.740. The van der Waals surface area contributed by atoms with Crippen molar-refractivity contribution in [3.8, 4) is 6.07 Å². The normalized spacial score (nSPS) is 20.6. The van der Waals surface area contributed by atoms with Crippen molar-refractivity contribution in [2.45, 2.75) is 31.8 Å². The number of hydrogen-bond acceptors (Lipinski definition) is 4. The van der Waals surface area contributed by atoms with Crippen LogP contribution in [0.3, 0.4) is 0 Å². The van der Waals surface area contributed by atoms with Crippen LogP contribution < -0.4 is 11.5 Å². The van der Waals surface area contributed by atoms with Gasteiger partial charge in [-0.2, -0.15) is 5.26 Å². The second-order valence-electron chi connectivity index (χ2n) is 4.08. The van der Waals surface area contributed by atoms with Gasteiger partial charge >= 0.3 is 0 Å². The molecule has 92 valence electrons. The van der Waals surface area contributed by atoms with Crippen molar-refractivity contribution in [2.24, 2.45) is 11.5 Å². The Morgan fingerprint density at radius 1 is 1.71 bits per heavy atom. The maximum atomic E-state index is 11.9. The summed E-state index contributed by atoms with van der Waals surface area (Å²) in [6.45, 7) is 2.20. The number of rotatable bonds is 4. The lowest BCUT2D eigenvalue weighted by Gasteiger charge is -2.24. The van der Waals surface area contributed by atoms with Crippen LogP contribution >= 0.6 is 0 Å². The molecule has 0 fully saturated rings. The molecule has 1 heterocycles. The summed E-state index contributed by atoms with van der Waals surface area (Å²) in [6.07, 6.45) is 2.11. The Hall–Kier alpha value is -1.87. The molecule has 6 heteroatoms. The Morgan fingerprint density at radius 3 is 2.88 bits per heavy atom. The molecule has 0 aromatic carbocycles. The molecule has 0 aromatic rings. The van der Waals surface area contributed by atoms with Crippen LogP contribution in [0.1, 0.15) is 19.8 Å². The summed E-state index contributed by atoms with van der Waals surface area (Å²) in [5.74, 6) is -0.799. The first-order valence-electron chi connectivity index (χ1n) is 5.38. The second-order valence-corrected chi connectivity index (χ2v) is 4.08. The monoisotopic (exact) mass is 236 g/mol. The summed E-state index contributed by atoms with van der Waals surface area (Å²) in [6, 6.07) is 0.734. The lowest BCUT2D eigenvalue weighted by molar-refractivity contribution is -0.132. The third-order valence-corrected chi connectivity index (χ3v) is 2.78. The molecule has 0 spiro atoms. The summed E-state index contributed by atoms with van der Waals surface area (Å²) >= 11 is 0. The SMILES string of the molecule is CC1=CCN(C(=O)[C@@H](N)CCC(N)=O)C1C#N. The van der Waals surface area contributed by atoms with E-state index in [-0.39, 0.29) is 18.7 Å². The maximum Gasteiger partial charge on any atom is 0.241 e. The van der Waals surface area contributed by atoms with Crippen molar-refractivity contribution in [1.82, 2.24) is 4.90 Å². The second kappa shape index (κ2) is 5.46. The highest BCUT2D eigenvalue weighted by Gasteiger charge is 2.31. The van der Waals surface area contributed by atoms with Crippen LogP contribution in [0.4, 0.5) is 0 Å². The van der Waals surface area contributed by atoms with Gasteiger partial charge in [-0.25, -0.2) is 0 Å². The van der Waals surface area contributed by atoms with Crippen molar-refractivity contribution in [2.75, 3.05) is 6.54 Å². The molecule has 1 rings (SSSR count). The van der Waals surface area contributed by atoms with Crippen LogP contribution in [0.25, 0.3) is 0 Å². The molecule has 0 radical (unpaired) electrons. The third kappa shape index (κ3) is 3.04. The largest absolute Gasteiger partial charge is 0.370 e. The number of nitrogens with zero attached hydrogens (tertiary/aromatic N) is 2. The minimum absolute atomic E-state index is 0.0738. The van der Waals surface area contributed by atoms with E-state index in [4.69, 9.17) is 16.7 Å². The highest BCUT2D eigenvalue weighted by molar-refractivity contribution is 5.84. The molecule has 1 aliphatic heterocycles. The van der Waals surface area contributed by atoms with Crippen LogP contribution in [0.2, 0.25) is 0 Å². The Morgan fingerprint density at radius 2 is 2.35 bits per heavy atom. The minimum atomic E-state index is -0.780. The Labute approximate surface area is 99.8 Å². The van der Waals surface area contributed by atoms with Crippen molar-refractivity contribution < 1.29 is 9.59 Å². The number of primary amides is 1. The summed E-state index contributed by atoms with van der Waals surface area (Å²) < 4.78 is 0. The van der Waals surface area contributed by atoms with E-state index in [1.807, 2.05) is 6.08 Å². The zero-order chi connectivity index (χ0) is 13.0. The van der Waals surface area contributed by atoms with Crippen molar-refractivity contribution in [3.63, 3.8) is 0 Å². The van der Waals surface area contributed by atoms with Crippen molar-refractivity contribution in [3.05, 3.63) is 11.6 Å². The van der Waals surface area contributed by atoms with E-state index in [1.165, 1.54) is 4.90 Å². The number of nitrogens with two attached hydrogens (primary N) is 2. The molecule has 0 saturated heterocycles. The molecule has 17 heavy (non-hydrogen) atoms. The molecule has 4 N–H and O–H groups in total. The summed E-state index contributed by atoms with van der Waals surface area (Å²) in [5.41, 5.74) is 11.5. The smallest absolute Gasteiger partial charge is 0.241 e. The number of carbonyl (C=O) groups is 2. The molecule has 0 aliphatic carbocycles. The molecule has 1 aliphatic rings. The first-order chi connectivity index (χ1) is 7.97. The molecule has 2 amide bonds. The average molecular weight is 236 g/mol. The van der Waals surface area contributed by atoms with Gasteiger partial charge in [0.2, 0.25) is 11.8 Å². The van der Waals surface area contributed by atoms with Gasteiger partial charge in [-0.1, -0.05) is 6.08 Å². The van der Waals surface area contributed by atoms with Gasteiger partial charge in [-0.3, -0.25) is 9.59 Å². The van der Waals surface area contributed by atoms with E-state index in [2.05, 4.69) is 6.07 Å². The minimum Gasteiger partial charge on any atom is -0.370 e. The molecular weight excluding hydrogens is 220 g/mol. The highest BCUT2D eigenvalue weighted by atomic mass is 16.2. The highest BCUT2D eigenvalue weighted by Crippen LogP contribution is 2.18. The molecule has 6 nitrogen and oxygen atoms in total. The van der Waals surface area contributed by atoms with Crippen molar-refractivity contribution >= 4 is 11.8 Å². The summed E-state index contributed by atoms with van der Waals surface area (Å²) in [5, 5.41) is 8.96. The first-order valence-corrected chi connectivity index (χ1v) is 5.38. The van der Waals surface area contributed by atoms with Crippen LogP contribution in [0.5, 0.6) is 0 Å². The van der Waals surface area contributed by atoms with Gasteiger partial charge in [0.15, 0.2) is 0 Å². The predicted molar refractivity (Wildman–Crippen MR) is 61.3 cm³/mol. The summed E-state index contributed by atoms with van der Waals surface area (Å²) in [7, 11) is 0. The molecule has 0 bridgehead atoms. The van der Waals surface area contributed by atoms with Gasteiger partial charge in [-0.05, 0) is 18.9 Å². The fourth-order valence-corrected chi connectivity index (χ4v) is 1.73. The quantitative estimate of drug-likeness (QED) is 0.626. The van der Waals surface area contributed by atoms with Crippen LogP contribution in [0.15, 0.2) is 11.6 Å². The van der Waals surface area contributed by atoms with Crippen LogP contribution in [-0.2, 0) is 9.59 Å². The molecule has 0 aromatic heterocycles. The van der Waals surface area contributed by atoms with Gasteiger partial charge in [0.25, 0.3) is 0 Å². The zero-order valence-electron chi connectivity index (χ0n) is 9.72. The molecular formula is C11H16N4O2. The van der Waals surface area contributed by atoms with E-state index in [9.17, 15) is 9.59 Å². The number of nitriles is 1. The van der Waals surface area contributed by atoms with Crippen LogP contribution in [0, 0.1) is 11.3 Å². The van der Waals surface area contributed by atoms with Crippen LogP contribution in [-0.4, -0.2) is 35.3 Å². The fraction of sp³-hybridized carbons (Fsp3) is 0.545. The van der Waals surface area contributed by atoms with E-state index < -0.39 is 18.0 Å². The number of hydrogen-bond donors (Lipinski definition) is 2. The third-order valence-electron chi connectivity index (χ3n) is 2.78. The lowest BCUT2D eigenvalue weighted by Crippen LogP contribution is -2.46. The number of amides is 2. The van der Waals surface area contributed by atoms with Gasteiger partial charge in [-0.15, -0.1) is 0 Å². The standard InChI is InChI=1S/C11H16N4O2/c1-7-4-5-15(9(7)6-12)11(17)8(13)2-3-10(14)16/h4,8-9H,2-3,5,13H2,1H3,(H2,14,16)/t8-,9?/m0/s1. The zero-order valence-corrected chi connectivity index (χ0v) is 9.72. The average Bonchev–Trinajstić information content (AvgIpc) is 2.66. The number of carbonyl (C=O) groups excluding carboxylic acids is 2. The molecule has 1 unspecified atom stereocenters. The van der Waals surface area contributed by atoms with Gasteiger partial charge in [0.05, 0.1) is 12.1 Å². The maximum absolute atomic E-state index is 11.9. The van der Waals surface area contributed by atoms with Gasteiger partial charge in [0.1, 0.15) is 6.04 Å². The van der Waals surface area contributed by atoms with E-state index in [0.717, 1.165) is 5.57 Å². The molecule has 0 saturated carbocycles. The topological polar surface area (TPSA) is 113 Å². The molecule has 2 atom stereocenters. The van der Waals surface area contributed by atoms with Crippen molar-refractivity contribution in [1.29, 1.82) is 5.26 Å². The van der Waals surface area contributed by atoms with E-state index >= 15 is 0 Å². The first kappa shape index (κ1) is 13.2. The fourth-order valence-electron chi connectivity index (χ4n) is 1.73. The Balaban J connectivity index is 2.59. The van der Waals surface area contributed by atoms with E-state index in [0.29, 0.717) is 6.54 Å². The Kier molecular flexibility index (Phi) is 4.24. The van der Waals surface area contributed by atoms with Gasteiger partial charge in [0, 0.05) is 13.0 Å². The lowest BCUT2D eigenvalue weighted by atomic mass is 10.1. The Bertz CT molecular complexity index is 397. The van der Waals surface area contributed by atoms with Gasteiger partial charge < -0.3 is 16.4 Å². The summed E-state index contributed by atoms with van der Waals surface area (Å²) in [4.78, 5) is 24.0.